The van der Waals surface area contributed by atoms with Crippen LogP contribution in [0, 0.1) is 0 Å². The molecule has 0 bridgehead atoms. The van der Waals surface area contributed by atoms with E-state index in [4.69, 9.17) is 1.37 Å². The van der Waals surface area contributed by atoms with Gasteiger partial charge in [0.05, 0.1) is 7.89 Å². The highest BCUT2D eigenvalue weighted by atomic mass is 79.9. The average molecular weight is 249 g/mol. The van der Waals surface area contributed by atoms with E-state index < -0.39 is 12.4 Å². The van der Waals surface area contributed by atoms with E-state index >= 15 is 0 Å². The van der Waals surface area contributed by atoms with E-state index in [1.54, 1.807) is 12.1 Å². The Bertz CT molecular complexity index is 383. The molecule has 2 rings (SSSR count). The van der Waals surface area contributed by atoms with Gasteiger partial charge < -0.3 is 4.90 Å². The Kier molecular flexibility index (Phi) is 1.59. The van der Waals surface area contributed by atoms with Crippen molar-refractivity contribution in [2.45, 2.75) is 5.92 Å². The Morgan fingerprint density at radius 3 is 3.00 bits per heavy atom. The van der Waals surface area contributed by atoms with Crippen molar-refractivity contribution < 1.29 is 10.2 Å². The third kappa shape index (κ3) is 1.33. The van der Waals surface area contributed by atoms with Crippen LogP contribution in [-0.2, 0) is 5.92 Å². The molecule has 70 valence electrons. The molecule has 1 aliphatic heterocycles. The molecule has 1 unspecified atom stereocenters. The van der Waals surface area contributed by atoms with Gasteiger partial charge in [-0.05, 0) is 18.2 Å². The molecule has 1 aromatic carbocycles. The summed E-state index contributed by atoms with van der Waals surface area (Å²) in [5.41, 5.74) is 0.354. The quantitative estimate of drug-likeness (QED) is 0.683. The number of hydrogen-bond donors (Lipinski definition) is 0. The van der Waals surface area contributed by atoms with Crippen molar-refractivity contribution in [3.05, 3.63) is 28.2 Å². The zero-order valence-corrected chi connectivity index (χ0v) is 8.48. The maximum atomic E-state index is 13.5. The lowest BCUT2D eigenvalue weighted by atomic mass is 10.1. The van der Waals surface area contributed by atoms with E-state index in [1.165, 1.54) is 18.0 Å². The highest BCUT2D eigenvalue weighted by Gasteiger charge is 2.42. The van der Waals surface area contributed by atoms with Gasteiger partial charge in [-0.25, -0.2) is 0 Å². The number of alkyl halides is 2. The second-order valence-corrected chi connectivity index (χ2v) is 3.94. The second kappa shape index (κ2) is 2.67. The summed E-state index contributed by atoms with van der Waals surface area (Å²) < 4.78 is 35.0. The van der Waals surface area contributed by atoms with Crippen LogP contribution in [0.4, 0.5) is 14.5 Å². The number of fused-ring (bicyclic) bond motifs is 1. The van der Waals surface area contributed by atoms with Crippen LogP contribution < -0.4 is 4.90 Å². The summed E-state index contributed by atoms with van der Waals surface area (Å²) in [5.74, 6) is -3.08. The number of nitrogens with zero attached hydrogens (tertiary/aromatic N) is 1. The minimum atomic E-state index is -3.08. The number of anilines is 1. The molecule has 1 nitrogen and oxygen atoms in total. The minimum absolute atomic E-state index is 0.0665. The summed E-state index contributed by atoms with van der Waals surface area (Å²) in [4.78, 5) is 1.28. The molecule has 0 radical (unpaired) electrons. The molecule has 0 saturated heterocycles. The highest BCUT2D eigenvalue weighted by Crippen LogP contribution is 2.43. The molecule has 1 aliphatic rings. The zero-order chi connectivity index (χ0) is 10.5. The molecule has 1 heterocycles. The summed E-state index contributed by atoms with van der Waals surface area (Å²) in [5, 5.41) is 0. The first-order valence-electron chi connectivity index (χ1n) is 4.35. The minimum Gasteiger partial charge on any atom is -0.368 e. The van der Waals surface area contributed by atoms with Crippen molar-refractivity contribution in [1.82, 2.24) is 0 Å². The standard InChI is InChI=1S/C9H8BrF2N/c1-13-5-9(11,12)7-3-2-6(10)4-8(7)13/h2-4H,5H2,1H3/i5D. The summed E-state index contributed by atoms with van der Waals surface area (Å²) in [6.45, 7) is -1.52. The number of hydrogen-bond acceptors (Lipinski definition) is 1. The molecule has 0 aromatic heterocycles. The molecule has 4 heteroatoms. The smallest absolute Gasteiger partial charge is 0.292 e. The lowest BCUT2D eigenvalue weighted by molar-refractivity contribution is 0.0148. The van der Waals surface area contributed by atoms with Gasteiger partial charge in [0.1, 0.15) is 0 Å². The lowest BCUT2D eigenvalue weighted by Gasteiger charge is -2.11. The Morgan fingerprint density at radius 2 is 2.31 bits per heavy atom. The summed E-state index contributed by atoms with van der Waals surface area (Å²) in [6.07, 6.45) is 0. The SMILES string of the molecule is [2H]C1N(C)c2cc(Br)ccc2C1(F)F. The molecule has 0 fully saturated rings. The fourth-order valence-corrected chi connectivity index (χ4v) is 1.81. The van der Waals surface area contributed by atoms with Crippen LogP contribution in [0.5, 0.6) is 0 Å². The van der Waals surface area contributed by atoms with Crippen molar-refractivity contribution in [2.75, 3.05) is 18.5 Å². The van der Waals surface area contributed by atoms with Gasteiger partial charge in [0.15, 0.2) is 0 Å². The van der Waals surface area contributed by atoms with E-state index in [0.29, 0.717) is 5.69 Å². The van der Waals surface area contributed by atoms with Gasteiger partial charge >= 0.3 is 0 Å². The largest absolute Gasteiger partial charge is 0.368 e. The lowest BCUT2D eigenvalue weighted by Crippen LogP contribution is -2.22. The zero-order valence-electron chi connectivity index (χ0n) is 7.89. The van der Waals surface area contributed by atoms with E-state index in [2.05, 4.69) is 15.9 Å². The number of likely N-dealkylation sites (N-methyl/N-ethyl adjacent to an activating group) is 1. The summed E-state index contributed by atoms with van der Waals surface area (Å²) in [7, 11) is 1.50. The van der Waals surface area contributed by atoms with Crippen LogP contribution in [0.25, 0.3) is 0 Å². The normalized spacial score (nSPS) is 25.7. The average Bonchev–Trinajstić information content (AvgIpc) is 2.28. The Balaban J connectivity index is 2.62. The van der Waals surface area contributed by atoms with Crippen LogP contribution in [0.15, 0.2) is 22.7 Å². The molecule has 1 aromatic rings. The molecular weight excluding hydrogens is 240 g/mol. The van der Waals surface area contributed by atoms with Crippen molar-refractivity contribution in [1.29, 1.82) is 0 Å². The predicted molar refractivity (Wildman–Crippen MR) is 51.3 cm³/mol. The summed E-state index contributed by atoms with van der Waals surface area (Å²) in [6, 6.07) is 4.54. The Morgan fingerprint density at radius 1 is 1.62 bits per heavy atom. The molecule has 0 aliphatic carbocycles. The van der Waals surface area contributed by atoms with Gasteiger partial charge in [-0.15, -0.1) is 0 Å². The third-order valence-corrected chi connectivity index (χ3v) is 2.55. The van der Waals surface area contributed by atoms with E-state index in [9.17, 15) is 8.78 Å². The molecule has 0 amide bonds. The van der Waals surface area contributed by atoms with Gasteiger partial charge in [-0.1, -0.05) is 15.9 Å². The van der Waals surface area contributed by atoms with Crippen molar-refractivity contribution in [2.24, 2.45) is 0 Å². The third-order valence-electron chi connectivity index (χ3n) is 2.05. The molecule has 0 N–H and O–H groups in total. The van der Waals surface area contributed by atoms with Crippen molar-refractivity contribution >= 4 is 21.6 Å². The maximum absolute atomic E-state index is 13.5. The first-order valence-corrected chi connectivity index (χ1v) is 4.57. The molecular formula is C9H8BrF2N. The number of benzene rings is 1. The fraction of sp³-hybridized carbons (Fsp3) is 0.333. The Hall–Kier alpha value is -0.640. The van der Waals surface area contributed by atoms with Gasteiger partial charge in [0, 0.05) is 22.8 Å². The van der Waals surface area contributed by atoms with Crippen LogP contribution in [0.1, 0.15) is 6.93 Å². The molecule has 1 atom stereocenters. The van der Waals surface area contributed by atoms with Crippen LogP contribution in [-0.4, -0.2) is 13.6 Å². The van der Waals surface area contributed by atoms with E-state index in [0.717, 1.165) is 4.47 Å². The van der Waals surface area contributed by atoms with Gasteiger partial charge in [-0.3, -0.25) is 0 Å². The summed E-state index contributed by atoms with van der Waals surface area (Å²) >= 11 is 3.22. The Labute approximate surface area is 84.9 Å². The van der Waals surface area contributed by atoms with E-state index in [1.807, 2.05) is 0 Å². The van der Waals surface area contributed by atoms with Crippen LogP contribution in [0.2, 0.25) is 0 Å². The van der Waals surface area contributed by atoms with Crippen LogP contribution in [0.3, 0.4) is 0 Å². The molecule has 0 spiro atoms. The molecule has 13 heavy (non-hydrogen) atoms. The topological polar surface area (TPSA) is 3.24 Å². The van der Waals surface area contributed by atoms with Crippen LogP contribution >= 0.6 is 15.9 Å². The van der Waals surface area contributed by atoms with E-state index in [-0.39, 0.29) is 5.56 Å². The number of rotatable bonds is 0. The predicted octanol–water partition coefficient (Wildman–Crippen LogP) is 2.99. The van der Waals surface area contributed by atoms with Gasteiger partial charge in [-0.2, -0.15) is 8.78 Å². The van der Waals surface area contributed by atoms with Gasteiger partial charge in [0.2, 0.25) is 0 Å². The first kappa shape index (κ1) is 7.74. The second-order valence-electron chi connectivity index (χ2n) is 3.02. The van der Waals surface area contributed by atoms with Crippen molar-refractivity contribution in [3.8, 4) is 0 Å². The van der Waals surface area contributed by atoms with Gasteiger partial charge in [0.25, 0.3) is 5.92 Å². The first-order chi connectivity index (χ1) is 6.44. The fourth-order valence-electron chi connectivity index (χ4n) is 1.46. The van der Waals surface area contributed by atoms with Crippen molar-refractivity contribution in [3.63, 3.8) is 0 Å². The highest BCUT2D eigenvalue weighted by molar-refractivity contribution is 9.10. The maximum Gasteiger partial charge on any atom is 0.292 e. The monoisotopic (exact) mass is 248 g/mol. The number of halogens is 3. The molecule has 0 saturated carbocycles.